The average Bonchev–Trinajstić information content (AvgIpc) is 3.27. The lowest BCUT2D eigenvalue weighted by atomic mass is 10.1. The number of sulfonamides is 1. The molecule has 4 aromatic rings. The molecule has 3 aromatic carbocycles. The van der Waals surface area contributed by atoms with Crippen LogP contribution in [0.4, 0.5) is 5.13 Å². The van der Waals surface area contributed by atoms with E-state index in [1.165, 1.54) is 49.7 Å². The number of aromatic nitrogens is 1. The number of benzene rings is 3. The third kappa shape index (κ3) is 4.65. The summed E-state index contributed by atoms with van der Waals surface area (Å²) in [6.07, 6.45) is 0. The lowest BCUT2D eigenvalue weighted by Gasteiger charge is -2.20. The molecular weight excluding hydrogens is 478 g/mol. The molecule has 1 amide bonds. The first kappa shape index (κ1) is 23.4. The van der Waals surface area contributed by atoms with Gasteiger partial charge >= 0.3 is 0 Å². The molecule has 170 valence electrons. The Bertz CT molecular complexity index is 1380. The normalized spacial score (nSPS) is 11.8. The van der Waals surface area contributed by atoms with Gasteiger partial charge < -0.3 is 0 Å². The van der Waals surface area contributed by atoms with E-state index in [1.54, 1.807) is 4.90 Å². The highest BCUT2D eigenvalue weighted by Gasteiger charge is 2.24. The number of nitrogens with zero attached hydrogens (tertiary/aromatic N) is 3. The first-order valence-electron chi connectivity index (χ1n) is 10.1. The van der Waals surface area contributed by atoms with Crippen LogP contribution in [0.3, 0.4) is 0 Å². The highest BCUT2D eigenvalue weighted by molar-refractivity contribution is 7.89. The number of rotatable bonds is 6. The zero-order chi connectivity index (χ0) is 23.8. The fourth-order valence-electron chi connectivity index (χ4n) is 3.33. The molecular formula is C24H22ClN3O3S2. The van der Waals surface area contributed by atoms with Gasteiger partial charge in [0.25, 0.3) is 5.91 Å². The van der Waals surface area contributed by atoms with Crippen molar-refractivity contribution in [2.75, 3.05) is 19.0 Å². The van der Waals surface area contributed by atoms with Gasteiger partial charge in [0.2, 0.25) is 10.0 Å². The monoisotopic (exact) mass is 499 g/mol. The van der Waals surface area contributed by atoms with Gasteiger partial charge in [0, 0.05) is 19.7 Å². The third-order valence-electron chi connectivity index (χ3n) is 5.23. The standard InChI is InChI=1S/C24H22ClN3O3S2/c1-16-9-14-20(25)22-21(16)26-24(32-22)28(15-17-7-5-4-6-8-17)23(29)18-10-12-19(13-11-18)33(30,31)27(2)3/h4-14H,15H2,1-3H3. The maximum atomic E-state index is 13.6. The van der Waals surface area contributed by atoms with Crippen molar-refractivity contribution in [1.82, 2.24) is 9.29 Å². The Kier molecular flexibility index (Phi) is 6.54. The number of hydrogen-bond donors (Lipinski definition) is 0. The number of hydrogen-bond acceptors (Lipinski definition) is 5. The number of carbonyl (C=O) groups excluding carboxylic acids is 1. The van der Waals surface area contributed by atoms with Crippen LogP contribution in [0.25, 0.3) is 10.2 Å². The number of carbonyl (C=O) groups is 1. The molecule has 33 heavy (non-hydrogen) atoms. The van der Waals surface area contributed by atoms with Gasteiger partial charge in [-0.15, -0.1) is 0 Å². The summed E-state index contributed by atoms with van der Waals surface area (Å²) in [7, 11) is -0.647. The zero-order valence-electron chi connectivity index (χ0n) is 18.3. The van der Waals surface area contributed by atoms with Crippen LogP contribution >= 0.6 is 22.9 Å². The minimum atomic E-state index is -3.58. The molecule has 0 fully saturated rings. The van der Waals surface area contributed by atoms with E-state index in [1.807, 2.05) is 49.4 Å². The van der Waals surface area contributed by atoms with Crippen molar-refractivity contribution in [1.29, 1.82) is 0 Å². The third-order valence-corrected chi connectivity index (χ3v) is 8.59. The van der Waals surface area contributed by atoms with E-state index in [9.17, 15) is 13.2 Å². The van der Waals surface area contributed by atoms with Crippen molar-refractivity contribution in [3.05, 3.63) is 88.4 Å². The number of amides is 1. The highest BCUT2D eigenvalue weighted by Crippen LogP contribution is 2.36. The minimum absolute atomic E-state index is 0.126. The molecule has 9 heteroatoms. The SMILES string of the molecule is Cc1ccc(Cl)c2sc(N(Cc3ccccc3)C(=O)c3ccc(S(=O)(=O)N(C)C)cc3)nc12. The number of aryl methyl sites for hydroxylation is 1. The molecule has 0 radical (unpaired) electrons. The van der Waals surface area contributed by atoms with Crippen molar-refractivity contribution < 1.29 is 13.2 Å². The minimum Gasteiger partial charge on any atom is -0.279 e. The van der Waals surface area contributed by atoms with Gasteiger partial charge in [-0.25, -0.2) is 17.7 Å². The Morgan fingerprint density at radius 1 is 1.00 bits per heavy atom. The number of fused-ring (bicyclic) bond motifs is 1. The van der Waals surface area contributed by atoms with Crippen molar-refractivity contribution >= 4 is 54.2 Å². The Balaban J connectivity index is 1.76. The molecule has 0 N–H and O–H groups in total. The van der Waals surface area contributed by atoms with Gasteiger partial charge in [0.05, 0.1) is 26.7 Å². The van der Waals surface area contributed by atoms with Crippen LogP contribution in [0.5, 0.6) is 0 Å². The predicted molar refractivity (Wildman–Crippen MR) is 134 cm³/mol. The van der Waals surface area contributed by atoms with Crippen molar-refractivity contribution in [3.63, 3.8) is 0 Å². The van der Waals surface area contributed by atoms with Crippen LogP contribution in [-0.2, 0) is 16.6 Å². The quantitative estimate of drug-likeness (QED) is 0.358. The summed E-state index contributed by atoms with van der Waals surface area (Å²) in [6.45, 7) is 2.27. The summed E-state index contributed by atoms with van der Waals surface area (Å²) in [4.78, 5) is 20.1. The van der Waals surface area contributed by atoms with E-state index in [0.717, 1.165) is 25.6 Å². The first-order valence-corrected chi connectivity index (χ1v) is 12.8. The summed E-state index contributed by atoms with van der Waals surface area (Å²) < 4.78 is 26.7. The Morgan fingerprint density at radius 3 is 2.27 bits per heavy atom. The highest BCUT2D eigenvalue weighted by atomic mass is 35.5. The average molecular weight is 500 g/mol. The van der Waals surface area contributed by atoms with Crippen LogP contribution in [0.1, 0.15) is 21.5 Å². The Morgan fingerprint density at radius 2 is 1.67 bits per heavy atom. The van der Waals surface area contributed by atoms with Crippen molar-refractivity contribution in [2.45, 2.75) is 18.4 Å². The fourth-order valence-corrected chi connectivity index (χ4v) is 5.55. The van der Waals surface area contributed by atoms with Crippen LogP contribution < -0.4 is 4.90 Å². The molecule has 0 aliphatic carbocycles. The molecule has 0 unspecified atom stereocenters. The molecule has 0 saturated carbocycles. The topological polar surface area (TPSA) is 70.6 Å². The molecule has 0 bridgehead atoms. The Labute approximate surface area is 202 Å². The fraction of sp³-hybridized carbons (Fsp3) is 0.167. The van der Waals surface area contributed by atoms with E-state index >= 15 is 0 Å². The van der Waals surface area contributed by atoms with Gasteiger partial charge in [0.15, 0.2) is 5.13 Å². The van der Waals surface area contributed by atoms with Crippen molar-refractivity contribution in [3.8, 4) is 0 Å². The molecule has 0 aliphatic heterocycles. The molecule has 1 heterocycles. The van der Waals surface area contributed by atoms with Gasteiger partial charge in [-0.3, -0.25) is 9.69 Å². The number of anilines is 1. The first-order chi connectivity index (χ1) is 15.7. The lowest BCUT2D eigenvalue weighted by molar-refractivity contribution is 0.0985. The van der Waals surface area contributed by atoms with Crippen LogP contribution in [-0.4, -0.2) is 37.7 Å². The maximum Gasteiger partial charge on any atom is 0.260 e. The zero-order valence-corrected chi connectivity index (χ0v) is 20.7. The van der Waals surface area contributed by atoms with E-state index in [4.69, 9.17) is 16.6 Å². The molecule has 0 aliphatic rings. The number of thiazole rings is 1. The molecule has 1 aromatic heterocycles. The second-order valence-electron chi connectivity index (χ2n) is 7.73. The van der Waals surface area contributed by atoms with E-state index in [0.29, 0.717) is 22.3 Å². The van der Waals surface area contributed by atoms with Gasteiger partial charge in [0.1, 0.15) is 0 Å². The molecule has 0 saturated heterocycles. The van der Waals surface area contributed by atoms with Crippen LogP contribution in [0, 0.1) is 6.92 Å². The van der Waals surface area contributed by atoms with E-state index < -0.39 is 10.0 Å². The second kappa shape index (κ2) is 9.23. The lowest BCUT2D eigenvalue weighted by Crippen LogP contribution is -2.30. The number of halogens is 1. The largest absolute Gasteiger partial charge is 0.279 e. The van der Waals surface area contributed by atoms with Crippen LogP contribution in [0.2, 0.25) is 5.02 Å². The maximum absolute atomic E-state index is 13.6. The summed E-state index contributed by atoms with van der Waals surface area (Å²) in [6, 6.07) is 19.3. The Hall–Kier alpha value is -2.78. The smallest absolute Gasteiger partial charge is 0.260 e. The summed E-state index contributed by atoms with van der Waals surface area (Å²) >= 11 is 7.75. The molecule has 0 spiro atoms. The van der Waals surface area contributed by atoms with Gasteiger partial charge in [-0.05, 0) is 48.4 Å². The molecule has 6 nitrogen and oxygen atoms in total. The molecule has 4 rings (SSSR count). The van der Waals surface area contributed by atoms with Gasteiger partial charge in [-0.1, -0.05) is 59.3 Å². The summed E-state index contributed by atoms with van der Waals surface area (Å²) in [5.74, 6) is -0.277. The molecule has 0 atom stereocenters. The summed E-state index contributed by atoms with van der Waals surface area (Å²) in [5.41, 5.74) is 3.05. The van der Waals surface area contributed by atoms with E-state index in [-0.39, 0.29) is 10.8 Å². The van der Waals surface area contributed by atoms with Crippen LogP contribution in [0.15, 0.2) is 71.6 Å². The van der Waals surface area contributed by atoms with Crippen molar-refractivity contribution in [2.24, 2.45) is 0 Å². The van der Waals surface area contributed by atoms with Gasteiger partial charge in [-0.2, -0.15) is 0 Å². The summed E-state index contributed by atoms with van der Waals surface area (Å²) in [5, 5.41) is 1.12. The van der Waals surface area contributed by atoms with E-state index in [2.05, 4.69) is 0 Å². The predicted octanol–water partition coefficient (Wildman–Crippen LogP) is 5.36. The second-order valence-corrected chi connectivity index (χ2v) is 11.3.